The fourth-order valence-electron chi connectivity index (χ4n) is 8.51. The molecule has 0 aromatic heterocycles. The molecule has 4 N–H and O–H groups in total. The van der Waals surface area contributed by atoms with E-state index >= 15 is 0 Å². The number of halogens is 1. The highest BCUT2D eigenvalue weighted by molar-refractivity contribution is 7.99. The van der Waals surface area contributed by atoms with Gasteiger partial charge in [0.15, 0.2) is 18.3 Å². The van der Waals surface area contributed by atoms with Gasteiger partial charge in [-0.15, -0.1) is 0 Å². The zero-order valence-corrected chi connectivity index (χ0v) is 42.8. The van der Waals surface area contributed by atoms with Crippen molar-refractivity contribution in [2.45, 2.75) is 108 Å². The minimum absolute atomic E-state index is 0.0128. The largest absolute Gasteiger partial charge is 0.495 e. The van der Waals surface area contributed by atoms with Crippen molar-refractivity contribution in [3.05, 3.63) is 81.4 Å². The Kier molecular flexibility index (Phi) is 19.8. The number of rotatable bonds is 18. The number of benzene rings is 2. The average molecular weight is 1030 g/mol. The molecule has 3 aliphatic heterocycles. The molecule has 5 amide bonds. The fourth-order valence-corrected chi connectivity index (χ4v) is 9.57. The summed E-state index contributed by atoms with van der Waals surface area (Å²) >= 11 is 8.01. The van der Waals surface area contributed by atoms with Gasteiger partial charge in [0.25, 0.3) is 0 Å². The number of aryl methyl sites for hydroxylation is 1. The molecule has 19 nitrogen and oxygen atoms in total. The molecule has 386 valence electrons. The number of epoxide rings is 1. The zero-order chi connectivity index (χ0) is 52.2. The van der Waals surface area contributed by atoms with Crippen molar-refractivity contribution in [2.75, 3.05) is 57.8 Å². The lowest BCUT2D eigenvalue weighted by molar-refractivity contribution is -0.162. The first-order valence-corrected chi connectivity index (χ1v) is 24.7. The number of aldehydes is 2. The molecular weight excluding hydrogens is 962 g/mol. The van der Waals surface area contributed by atoms with E-state index in [2.05, 4.69) is 16.0 Å². The van der Waals surface area contributed by atoms with Crippen molar-refractivity contribution in [3.8, 4) is 5.75 Å². The van der Waals surface area contributed by atoms with Crippen molar-refractivity contribution in [1.29, 1.82) is 0 Å². The summed E-state index contributed by atoms with van der Waals surface area (Å²) in [7, 11) is 5.87. The van der Waals surface area contributed by atoms with Crippen LogP contribution in [0.3, 0.4) is 0 Å². The molecule has 0 saturated carbocycles. The number of hydrogen-bond donors (Lipinski definition) is 4. The van der Waals surface area contributed by atoms with Crippen molar-refractivity contribution in [2.24, 2.45) is 5.92 Å². The summed E-state index contributed by atoms with van der Waals surface area (Å²) in [6.07, 6.45) is 2.10. The molecule has 0 spiro atoms. The summed E-state index contributed by atoms with van der Waals surface area (Å²) < 4.78 is 29.3. The second-order valence-electron chi connectivity index (χ2n) is 18.1. The highest BCUT2D eigenvalue weighted by Crippen LogP contribution is 2.49. The topological polar surface area (TPSA) is 249 Å². The zero-order valence-electron chi connectivity index (χ0n) is 41.2. The van der Waals surface area contributed by atoms with Gasteiger partial charge in [-0.05, 0) is 62.9 Å². The summed E-state index contributed by atoms with van der Waals surface area (Å²) in [6.45, 7) is 7.21. The predicted molar refractivity (Wildman–Crippen MR) is 264 cm³/mol. The number of likely N-dealkylation sites (N-methyl/N-ethyl adjacent to an activating group) is 1. The van der Waals surface area contributed by atoms with E-state index in [4.69, 9.17) is 35.3 Å². The van der Waals surface area contributed by atoms with Gasteiger partial charge in [-0.2, -0.15) is 11.8 Å². The minimum Gasteiger partial charge on any atom is -0.495 e. The first-order chi connectivity index (χ1) is 33.7. The lowest BCUT2D eigenvalue weighted by Crippen LogP contribution is -2.63. The molecule has 2 saturated heterocycles. The van der Waals surface area contributed by atoms with Crippen LogP contribution in [0.1, 0.15) is 85.2 Å². The van der Waals surface area contributed by atoms with Crippen LogP contribution in [0.25, 0.3) is 0 Å². The van der Waals surface area contributed by atoms with Crippen LogP contribution in [0.4, 0.5) is 10.5 Å². The van der Waals surface area contributed by atoms with Crippen LogP contribution in [-0.2, 0) is 55.8 Å². The van der Waals surface area contributed by atoms with Crippen LogP contribution >= 0.6 is 23.4 Å². The molecule has 21 heteroatoms. The van der Waals surface area contributed by atoms with E-state index in [0.717, 1.165) is 16.7 Å². The molecule has 0 radical (unpaired) electrons. The molecule has 4 bridgehead atoms. The number of allylic oxidation sites excluding steroid dienone is 3. The smallest absolute Gasteiger partial charge is 0.409 e. The van der Waals surface area contributed by atoms with E-state index in [1.165, 1.54) is 55.8 Å². The number of fused-ring (bicyclic) bond motifs is 5. The molecule has 3 heterocycles. The Hall–Kier alpha value is -5.80. The number of carbonyl (C=O) groups is 8. The Labute approximate surface area is 422 Å². The Morgan fingerprint density at radius 3 is 2.45 bits per heavy atom. The van der Waals surface area contributed by atoms with Gasteiger partial charge in [0.1, 0.15) is 40.7 Å². The van der Waals surface area contributed by atoms with Gasteiger partial charge in [0.05, 0.1) is 31.1 Å². The number of carbonyl (C=O) groups excluding carboxylic acids is 8. The normalized spacial score (nSPS) is 25.9. The summed E-state index contributed by atoms with van der Waals surface area (Å²) in [6, 6.07) is 7.20. The number of nitrogens with zero attached hydrogens (tertiary/aromatic N) is 2. The van der Waals surface area contributed by atoms with Gasteiger partial charge in [-0.1, -0.05) is 54.5 Å². The molecule has 3 aliphatic rings. The maximum atomic E-state index is 14.3. The minimum atomic E-state index is -1.88. The van der Waals surface area contributed by atoms with Crippen LogP contribution in [-0.4, -0.2) is 153 Å². The molecule has 71 heavy (non-hydrogen) atoms. The number of thioether (sulfide) groups is 1. The second kappa shape index (κ2) is 25.0. The van der Waals surface area contributed by atoms with Gasteiger partial charge < -0.3 is 49.2 Å². The number of anilines is 1. The summed E-state index contributed by atoms with van der Waals surface area (Å²) in [4.78, 5) is 104. The second-order valence-corrected chi connectivity index (χ2v) is 19.6. The third-order valence-electron chi connectivity index (χ3n) is 13.0. The first-order valence-electron chi connectivity index (χ1n) is 23.2. The number of alkyl carbamates (subject to hydrolysis) is 1. The van der Waals surface area contributed by atoms with E-state index < -0.39 is 71.6 Å². The lowest BCUT2D eigenvalue weighted by atomic mass is 9.83. The van der Waals surface area contributed by atoms with Crippen LogP contribution < -0.4 is 25.6 Å². The van der Waals surface area contributed by atoms with Gasteiger partial charge in [-0.25, -0.2) is 9.59 Å². The van der Waals surface area contributed by atoms with Crippen LogP contribution in [0.5, 0.6) is 5.75 Å². The van der Waals surface area contributed by atoms with Gasteiger partial charge >= 0.3 is 12.1 Å². The maximum Gasteiger partial charge on any atom is 0.409 e. The number of esters is 1. The fraction of sp³-hybridized carbons (Fsp3) is 0.520. The first kappa shape index (κ1) is 56.1. The van der Waals surface area contributed by atoms with Crippen LogP contribution in [0, 0.1) is 5.92 Å². The average Bonchev–Trinajstić information content (AvgIpc) is 4.04. The SMILES string of the molecule is COc1cc2cc(c1Cl)N(C)C(=O)C[C@@H](OC(=O)[C@H](C)N(C)C(=O)CCSCC(=O)NCCNC(=O)CCc1ccc(C=O)c(C=O)c1)[C@]1(C)OC1[C@H](C)[C@@H]1CC(O)(NC(=O)O1)C(OC)/C=C\C=C(/C)C2. The Morgan fingerprint density at radius 2 is 1.77 bits per heavy atom. The highest BCUT2D eigenvalue weighted by Gasteiger charge is 2.64. The monoisotopic (exact) mass is 1030 g/mol. The standard InChI is InChI=1S/C50H64ClN5O14S/c1-29-10-9-11-39(67-8)50(65)25-38(68-48(64)54-50)30(2)46-49(4,70-46)40(24-44(62)56(6)36-22-33(20-29)23-37(66-7)45(36)51)69-47(63)31(3)55(5)43(61)16-19-71-28-42(60)53-18-17-52-41(59)15-13-32-12-14-34(26-57)35(21-32)27-58/h9-12,14,21-23,26-27,30-31,38-40,46,65H,13,15-20,24-25,28H2,1-8H3,(H,52,59)(H,53,60)(H,54,64)/b11-9-,29-10+/t30-,31+,38+,39?,40-,46?,49+,50?/m1/s1. The van der Waals surface area contributed by atoms with Crippen molar-refractivity contribution in [1.82, 2.24) is 20.9 Å². The molecule has 2 aromatic rings. The number of methoxy groups -OCH3 is 2. The highest BCUT2D eigenvalue weighted by atomic mass is 35.5. The molecule has 8 atom stereocenters. The van der Waals surface area contributed by atoms with Crippen LogP contribution in [0.15, 0.2) is 54.1 Å². The Balaban J connectivity index is 1.20. The lowest BCUT2D eigenvalue weighted by Gasteiger charge is -2.42. The molecule has 0 aliphatic carbocycles. The molecule has 2 fully saturated rings. The summed E-state index contributed by atoms with van der Waals surface area (Å²) in [5, 5.41) is 19.9. The van der Waals surface area contributed by atoms with Gasteiger partial charge in [-0.3, -0.25) is 34.1 Å². The van der Waals surface area contributed by atoms with E-state index in [1.54, 1.807) is 57.3 Å². The number of amides is 5. The van der Waals surface area contributed by atoms with Crippen LogP contribution in [0.2, 0.25) is 5.02 Å². The number of aliphatic hydroxyl groups is 1. The summed E-state index contributed by atoms with van der Waals surface area (Å²) in [5.74, 6) is -2.22. The van der Waals surface area contributed by atoms with E-state index in [1.807, 2.05) is 13.0 Å². The van der Waals surface area contributed by atoms with Gasteiger partial charge in [0, 0.05) is 76.4 Å². The van der Waals surface area contributed by atoms with E-state index in [9.17, 15) is 43.5 Å². The predicted octanol–water partition coefficient (Wildman–Crippen LogP) is 4.13. The third kappa shape index (κ3) is 14.4. The number of hydrogen-bond acceptors (Lipinski definition) is 15. The van der Waals surface area contributed by atoms with E-state index in [0.29, 0.717) is 36.9 Å². The Bertz CT molecular complexity index is 2400. The number of ether oxygens (including phenoxy) is 5. The molecule has 3 unspecified atom stereocenters. The van der Waals surface area contributed by atoms with Crippen molar-refractivity contribution >= 4 is 77.3 Å². The molecule has 2 aromatic carbocycles. The van der Waals surface area contributed by atoms with E-state index in [-0.39, 0.29) is 78.2 Å². The quantitative estimate of drug-likeness (QED) is 0.0710. The van der Waals surface area contributed by atoms with Crippen molar-refractivity contribution < 1.29 is 67.1 Å². The van der Waals surface area contributed by atoms with Crippen molar-refractivity contribution in [3.63, 3.8) is 0 Å². The third-order valence-corrected chi connectivity index (χ3v) is 14.4. The number of nitrogens with one attached hydrogen (secondary N) is 3. The van der Waals surface area contributed by atoms with Gasteiger partial charge in [0.2, 0.25) is 23.6 Å². The maximum absolute atomic E-state index is 14.3. The molecule has 5 rings (SSSR count). The Morgan fingerprint density at radius 1 is 1.07 bits per heavy atom. The molecular formula is C50H64ClN5O14S. The summed E-state index contributed by atoms with van der Waals surface area (Å²) in [5.41, 5.74) is 0.104.